The molecule has 2 atom stereocenters. The Balaban J connectivity index is 0.000000143. The fraction of sp³-hybridized carbons (Fsp3) is 0.143. The quantitative estimate of drug-likeness (QED) is 0.201. The van der Waals surface area contributed by atoms with E-state index in [4.69, 9.17) is 17.3 Å². The molecule has 0 bridgehead atoms. The van der Waals surface area contributed by atoms with Crippen LogP contribution in [0.5, 0.6) is 0 Å². The minimum Gasteiger partial charge on any atom is -0.363 e. The predicted octanol–water partition coefficient (Wildman–Crippen LogP) is 6.45. The molecule has 0 fully saturated rings. The van der Waals surface area contributed by atoms with Gasteiger partial charge < -0.3 is 21.0 Å². The number of anilines is 1. The third kappa shape index (κ3) is 6.91. The molecule has 5 N–H and O–H groups in total. The number of hydrogen-bond donors (Lipinski definition) is 4. The van der Waals surface area contributed by atoms with E-state index >= 15 is 0 Å². The van der Waals surface area contributed by atoms with Gasteiger partial charge in [-0.2, -0.15) is 0 Å². The molecule has 6 aromatic rings. The van der Waals surface area contributed by atoms with Crippen LogP contribution in [0.25, 0.3) is 22.1 Å². The van der Waals surface area contributed by atoms with Gasteiger partial charge in [-0.15, -0.1) is 0 Å². The fourth-order valence-corrected chi connectivity index (χ4v) is 3.81. The predicted molar refractivity (Wildman–Crippen MR) is 150 cm³/mol. The van der Waals surface area contributed by atoms with Crippen molar-refractivity contribution in [3.63, 3.8) is 0 Å². The van der Waals surface area contributed by atoms with Gasteiger partial charge in [-0.3, -0.25) is 0 Å². The molecule has 2 unspecified atom stereocenters. The van der Waals surface area contributed by atoms with Crippen molar-refractivity contribution in [2.75, 3.05) is 5.32 Å². The first-order valence-electron chi connectivity index (χ1n) is 11.9. The van der Waals surface area contributed by atoms with Crippen molar-refractivity contribution in [1.82, 2.24) is 29.9 Å². The molecule has 0 amide bonds. The summed E-state index contributed by atoms with van der Waals surface area (Å²) in [4.78, 5) is 22.2. The normalized spacial score (nSPS) is 12.1. The summed E-state index contributed by atoms with van der Waals surface area (Å²) in [5, 5.41) is 5.79. The van der Waals surface area contributed by atoms with Crippen molar-refractivity contribution < 1.29 is 0 Å². The molecule has 8 nitrogen and oxygen atoms in total. The molecule has 9 heteroatoms. The summed E-state index contributed by atoms with van der Waals surface area (Å²) < 4.78 is 0. The van der Waals surface area contributed by atoms with Gasteiger partial charge in [0.2, 0.25) is 0 Å². The summed E-state index contributed by atoms with van der Waals surface area (Å²) in [5.41, 5.74) is 9.67. The van der Waals surface area contributed by atoms with E-state index in [2.05, 4.69) is 54.3 Å². The number of H-pyrrole nitrogens is 2. The number of hydrogen-bond acceptors (Lipinski definition) is 6. The molecular weight excluding hydrogens is 484 g/mol. The van der Waals surface area contributed by atoms with Crippen LogP contribution in [0.4, 0.5) is 5.82 Å². The van der Waals surface area contributed by atoms with Crippen molar-refractivity contribution >= 4 is 39.5 Å². The van der Waals surface area contributed by atoms with Gasteiger partial charge in [0.15, 0.2) is 0 Å². The van der Waals surface area contributed by atoms with Crippen LogP contribution in [0.1, 0.15) is 37.1 Å². The second-order valence-electron chi connectivity index (χ2n) is 8.34. The van der Waals surface area contributed by atoms with E-state index in [0.29, 0.717) is 5.15 Å². The molecular formula is C28H29ClN8. The van der Waals surface area contributed by atoms with Gasteiger partial charge >= 0.3 is 0 Å². The van der Waals surface area contributed by atoms with Crippen LogP contribution in [0, 0.1) is 0 Å². The monoisotopic (exact) mass is 512 g/mol. The summed E-state index contributed by atoms with van der Waals surface area (Å²) in [6.07, 6.45) is 6.66. The maximum absolute atomic E-state index is 5.73. The Kier molecular flexibility index (Phi) is 8.80. The summed E-state index contributed by atoms with van der Waals surface area (Å²) >= 11 is 5.73. The lowest BCUT2D eigenvalue weighted by atomic mass is 10.1. The zero-order chi connectivity index (χ0) is 26.0. The second-order valence-corrected chi connectivity index (χ2v) is 8.70. The number of nitrogens with one attached hydrogen (secondary N) is 3. The van der Waals surface area contributed by atoms with Gasteiger partial charge in [-0.25, -0.2) is 19.9 Å². The SMILES string of the molecule is CC(N)c1ccccc1.CC(Nc1ncnc2[nH]ccc12)c1ccccc1.Clc1ncnc2[nH]ccc12. The highest BCUT2D eigenvalue weighted by molar-refractivity contribution is 6.33. The molecule has 4 aromatic heterocycles. The number of halogens is 1. The molecule has 4 heterocycles. The lowest BCUT2D eigenvalue weighted by Crippen LogP contribution is -2.08. The topological polar surface area (TPSA) is 121 Å². The van der Waals surface area contributed by atoms with Crippen molar-refractivity contribution in [2.24, 2.45) is 5.73 Å². The van der Waals surface area contributed by atoms with E-state index in [9.17, 15) is 0 Å². The highest BCUT2D eigenvalue weighted by Gasteiger charge is 2.09. The van der Waals surface area contributed by atoms with Crippen LogP contribution in [0.15, 0.2) is 97.8 Å². The Hall–Kier alpha value is -4.27. The largest absolute Gasteiger partial charge is 0.363 e. The highest BCUT2D eigenvalue weighted by Crippen LogP contribution is 2.23. The number of nitrogens with zero attached hydrogens (tertiary/aromatic N) is 4. The number of nitrogens with two attached hydrogens (primary N) is 1. The molecule has 0 aliphatic heterocycles. The average Bonchev–Trinajstić information content (AvgIpc) is 3.62. The van der Waals surface area contributed by atoms with Crippen LogP contribution in [-0.4, -0.2) is 29.9 Å². The van der Waals surface area contributed by atoms with Crippen LogP contribution in [-0.2, 0) is 0 Å². The molecule has 0 saturated carbocycles. The summed E-state index contributed by atoms with van der Waals surface area (Å²) in [5.74, 6) is 0.859. The highest BCUT2D eigenvalue weighted by atomic mass is 35.5. The smallest absolute Gasteiger partial charge is 0.142 e. The van der Waals surface area contributed by atoms with E-state index in [1.807, 2.05) is 73.8 Å². The Labute approximate surface area is 220 Å². The fourth-order valence-electron chi connectivity index (χ4n) is 3.61. The van der Waals surface area contributed by atoms with Gasteiger partial charge in [0.05, 0.1) is 10.8 Å². The van der Waals surface area contributed by atoms with Crippen molar-refractivity contribution in [1.29, 1.82) is 0 Å². The lowest BCUT2D eigenvalue weighted by molar-refractivity contribution is 0.818. The zero-order valence-corrected chi connectivity index (χ0v) is 21.4. The van der Waals surface area contributed by atoms with Crippen molar-refractivity contribution in [3.8, 4) is 0 Å². The Morgan fingerprint density at radius 2 is 1.24 bits per heavy atom. The first-order valence-corrected chi connectivity index (χ1v) is 12.2. The lowest BCUT2D eigenvalue weighted by Gasteiger charge is -2.15. The molecule has 0 saturated heterocycles. The third-order valence-electron chi connectivity index (χ3n) is 5.64. The van der Waals surface area contributed by atoms with E-state index in [-0.39, 0.29) is 12.1 Å². The molecule has 37 heavy (non-hydrogen) atoms. The average molecular weight is 513 g/mol. The molecule has 0 spiro atoms. The van der Waals surface area contributed by atoms with Crippen molar-refractivity contribution in [3.05, 3.63) is 114 Å². The minimum absolute atomic E-state index is 0.159. The Morgan fingerprint density at radius 1 is 0.703 bits per heavy atom. The van der Waals surface area contributed by atoms with Crippen LogP contribution in [0.3, 0.4) is 0 Å². The molecule has 188 valence electrons. The molecule has 6 rings (SSSR count). The molecule has 0 aliphatic carbocycles. The summed E-state index contributed by atoms with van der Waals surface area (Å²) in [7, 11) is 0. The van der Waals surface area contributed by atoms with E-state index in [0.717, 1.165) is 27.9 Å². The summed E-state index contributed by atoms with van der Waals surface area (Å²) in [6.45, 7) is 4.10. The maximum Gasteiger partial charge on any atom is 0.142 e. The number of rotatable bonds is 4. The van der Waals surface area contributed by atoms with Crippen molar-refractivity contribution in [2.45, 2.75) is 25.9 Å². The molecule has 2 aromatic carbocycles. The number of aromatic nitrogens is 6. The third-order valence-corrected chi connectivity index (χ3v) is 5.94. The van der Waals surface area contributed by atoms with Gasteiger partial charge in [0.25, 0.3) is 0 Å². The van der Waals surface area contributed by atoms with Gasteiger partial charge in [-0.05, 0) is 37.1 Å². The number of fused-ring (bicyclic) bond motifs is 2. The first-order chi connectivity index (χ1) is 18.0. The minimum atomic E-state index is 0.159. The van der Waals surface area contributed by atoms with E-state index in [1.54, 1.807) is 12.5 Å². The standard InChI is InChI=1S/C14H14N4.C8H11N.C6H4ClN3/c1-10(11-5-3-2-4-6-11)18-14-12-7-8-15-13(12)16-9-17-14;1-7(9)8-5-3-2-4-6-8;7-5-4-1-2-8-6(4)10-3-9-5/h2-10H,1H3,(H2,15,16,17,18);2-7H,9H2,1H3;1-3H,(H,8,9,10). The van der Waals surface area contributed by atoms with Crippen LogP contribution in [0.2, 0.25) is 5.15 Å². The van der Waals surface area contributed by atoms with E-state index in [1.165, 1.54) is 17.5 Å². The van der Waals surface area contributed by atoms with Crippen LogP contribution >= 0.6 is 11.6 Å². The molecule has 0 radical (unpaired) electrons. The van der Waals surface area contributed by atoms with Gasteiger partial charge in [0.1, 0.15) is 34.9 Å². The molecule has 0 aliphatic rings. The first kappa shape index (κ1) is 25.8. The second kappa shape index (κ2) is 12.6. The number of aromatic amines is 2. The van der Waals surface area contributed by atoms with Gasteiger partial charge in [0, 0.05) is 24.5 Å². The Morgan fingerprint density at radius 3 is 1.81 bits per heavy atom. The summed E-state index contributed by atoms with van der Waals surface area (Å²) in [6, 6.07) is 24.6. The van der Waals surface area contributed by atoms with Gasteiger partial charge in [-0.1, -0.05) is 72.3 Å². The van der Waals surface area contributed by atoms with E-state index < -0.39 is 0 Å². The van der Waals surface area contributed by atoms with Crippen LogP contribution < -0.4 is 11.1 Å². The zero-order valence-electron chi connectivity index (χ0n) is 20.6. The Bertz CT molecular complexity index is 1510. The maximum atomic E-state index is 5.73. The number of benzene rings is 2.